The van der Waals surface area contributed by atoms with E-state index in [0.29, 0.717) is 17.2 Å². The summed E-state index contributed by atoms with van der Waals surface area (Å²) in [6, 6.07) is 1.73. The highest BCUT2D eigenvalue weighted by Crippen LogP contribution is 2.52. The van der Waals surface area contributed by atoms with E-state index in [1.807, 2.05) is 20.0 Å². The van der Waals surface area contributed by atoms with Crippen LogP contribution in [0.3, 0.4) is 0 Å². The van der Waals surface area contributed by atoms with Crippen LogP contribution < -0.4 is 10.1 Å². The van der Waals surface area contributed by atoms with Crippen molar-refractivity contribution in [3.8, 4) is 5.88 Å². The summed E-state index contributed by atoms with van der Waals surface area (Å²) >= 11 is 0. The van der Waals surface area contributed by atoms with Crippen molar-refractivity contribution in [2.24, 2.45) is 12.5 Å². The van der Waals surface area contributed by atoms with Gasteiger partial charge in [0.1, 0.15) is 11.2 Å². The van der Waals surface area contributed by atoms with Crippen LogP contribution in [0.25, 0.3) is 5.78 Å². The van der Waals surface area contributed by atoms with Crippen LogP contribution in [-0.2, 0) is 17.4 Å². The number of hydrogen-bond donors (Lipinski definition) is 1. The third kappa shape index (κ3) is 3.56. The molecule has 3 fully saturated rings. The molecule has 1 saturated carbocycles. The molecule has 9 heteroatoms. The average Bonchev–Trinajstić information content (AvgIpc) is 3.33. The number of carbonyl (C=O) groups is 1. The first-order valence-electron chi connectivity index (χ1n) is 10.8. The molecule has 0 radical (unpaired) electrons. The summed E-state index contributed by atoms with van der Waals surface area (Å²) in [6.07, 6.45) is 9.46. The van der Waals surface area contributed by atoms with Crippen LogP contribution in [0.1, 0.15) is 62.5 Å². The molecule has 9 nitrogen and oxygen atoms in total. The molecule has 0 atom stereocenters. The topological polar surface area (TPSA) is 95.6 Å². The molecule has 0 unspecified atom stereocenters. The lowest BCUT2D eigenvalue weighted by atomic mass is 9.66. The Morgan fingerprint density at radius 2 is 2.00 bits per heavy atom. The smallest absolute Gasteiger partial charge is 0.263 e. The minimum absolute atomic E-state index is 0.137. The van der Waals surface area contributed by atoms with Gasteiger partial charge in [0.05, 0.1) is 18.4 Å². The number of anilines is 1. The molecule has 2 bridgehead atoms. The lowest BCUT2D eigenvalue weighted by Crippen LogP contribution is -2.48. The van der Waals surface area contributed by atoms with Crippen LogP contribution in [-0.4, -0.2) is 42.8 Å². The van der Waals surface area contributed by atoms with E-state index in [9.17, 15) is 4.79 Å². The minimum Gasteiger partial charge on any atom is -0.474 e. The number of nitrogens with zero attached hydrogens (tertiary/aromatic N) is 5. The summed E-state index contributed by atoms with van der Waals surface area (Å²) in [5, 5.41) is 7.02. The van der Waals surface area contributed by atoms with Crippen molar-refractivity contribution < 1.29 is 14.3 Å². The van der Waals surface area contributed by atoms with Gasteiger partial charge in [-0.3, -0.25) is 13.9 Å². The number of rotatable bonds is 5. The fraction of sp³-hybridized carbons (Fsp3) is 0.545. The maximum atomic E-state index is 13.0. The van der Waals surface area contributed by atoms with Gasteiger partial charge in [0, 0.05) is 31.7 Å². The van der Waals surface area contributed by atoms with E-state index in [1.54, 1.807) is 34.6 Å². The van der Waals surface area contributed by atoms with Crippen molar-refractivity contribution in [3.63, 3.8) is 0 Å². The van der Waals surface area contributed by atoms with Crippen molar-refractivity contribution in [1.29, 1.82) is 0 Å². The maximum Gasteiger partial charge on any atom is 0.263 e. The maximum absolute atomic E-state index is 13.0. The van der Waals surface area contributed by atoms with Crippen LogP contribution in [0.2, 0.25) is 0 Å². The molecular formula is C22H28N6O3. The van der Waals surface area contributed by atoms with Crippen LogP contribution in [0, 0.1) is 5.41 Å². The number of amides is 1. The molecule has 5 heterocycles. The Balaban J connectivity index is 1.51. The van der Waals surface area contributed by atoms with Gasteiger partial charge in [-0.2, -0.15) is 10.1 Å². The highest BCUT2D eigenvalue weighted by atomic mass is 16.5. The third-order valence-corrected chi connectivity index (χ3v) is 6.39. The summed E-state index contributed by atoms with van der Waals surface area (Å²) in [5.74, 6) is 0.886. The summed E-state index contributed by atoms with van der Waals surface area (Å²) in [4.78, 5) is 22.4. The Morgan fingerprint density at radius 1 is 1.23 bits per heavy atom. The quantitative estimate of drug-likeness (QED) is 0.675. The van der Waals surface area contributed by atoms with E-state index in [4.69, 9.17) is 14.5 Å². The molecule has 3 aromatic heterocycles. The second-order valence-corrected chi connectivity index (χ2v) is 9.38. The molecule has 3 aliphatic rings. The standard InChI is InChI=1S/C22H28N6O3/c1-14(2)31-19-15(18(29)24-17-5-10-27(4)26-17)11-28-12-16(23-20(28)25-19)22-8-6-21(3,7-9-22)13-30-22/h5,10-12,14H,6-9,13H2,1-4H3,(H,24,26,29). The van der Waals surface area contributed by atoms with E-state index in [2.05, 4.69) is 22.3 Å². The van der Waals surface area contributed by atoms with E-state index in [0.717, 1.165) is 38.0 Å². The minimum atomic E-state index is -0.360. The predicted octanol–water partition coefficient (Wildman–Crippen LogP) is 3.31. The molecule has 164 valence electrons. The third-order valence-electron chi connectivity index (χ3n) is 6.39. The van der Waals surface area contributed by atoms with E-state index < -0.39 is 0 Å². The van der Waals surface area contributed by atoms with Gasteiger partial charge < -0.3 is 14.8 Å². The number of ether oxygens (including phenoxy) is 2. The van der Waals surface area contributed by atoms with Gasteiger partial charge in [-0.15, -0.1) is 0 Å². The van der Waals surface area contributed by atoms with Gasteiger partial charge >= 0.3 is 0 Å². The zero-order chi connectivity index (χ0) is 21.8. The monoisotopic (exact) mass is 424 g/mol. The second kappa shape index (κ2) is 7.05. The molecule has 1 aliphatic carbocycles. The van der Waals surface area contributed by atoms with Gasteiger partial charge in [0.25, 0.3) is 5.91 Å². The first kappa shape index (κ1) is 20.0. The fourth-order valence-corrected chi connectivity index (χ4v) is 4.45. The van der Waals surface area contributed by atoms with Crippen molar-refractivity contribution in [1.82, 2.24) is 24.1 Å². The Morgan fingerprint density at radius 3 is 2.61 bits per heavy atom. The van der Waals surface area contributed by atoms with Crippen molar-refractivity contribution >= 4 is 17.5 Å². The van der Waals surface area contributed by atoms with Gasteiger partial charge in [0.15, 0.2) is 5.82 Å². The molecule has 31 heavy (non-hydrogen) atoms. The second-order valence-electron chi connectivity index (χ2n) is 9.38. The molecule has 1 amide bonds. The number of carbonyl (C=O) groups excluding carboxylic acids is 1. The molecule has 2 saturated heterocycles. The van der Waals surface area contributed by atoms with Crippen LogP contribution in [0.4, 0.5) is 5.82 Å². The highest BCUT2D eigenvalue weighted by Gasteiger charge is 2.49. The molecular weight excluding hydrogens is 396 g/mol. The summed E-state index contributed by atoms with van der Waals surface area (Å²) in [7, 11) is 1.80. The number of aromatic nitrogens is 5. The zero-order valence-corrected chi connectivity index (χ0v) is 18.4. The molecule has 0 aromatic carbocycles. The molecule has 0 spiro atoms. The molecule has 2 aliphatic heterocycles. The van der Waals surface area contributed by atoms with Gasteiger partial charge in [-0.25, -0.2) is 4.98 Å². The molecule has 3 aromatic rings. The molecule has 1 N–H and O–H groups in total. The Hall–Kier alpha value is -2.94. The zero-order valence-electron chi connectivity index (χ0n) is 18.4. The molecule has 6 rings (SSSR count). The van der Waals surface area contributed by atoms with Crippen molar-refractivity contribution in [3.05, 3.63) is 35.9 Å². The number of nitrogens with one attached hydrogen (secondary N) is 1. The predicted molar refractivity (Wildman–Crippen MR) is 114 cm³/mol. The van der Waals surface area contributed by atoms with Gasteiger partial charge in [0.2, 0.25) is 11.7 Å². The van der Waals surface area contributed by atoms with Gasteiger partial charge in [-0.1, -0.05) is 6.92 Å². The first-order chi connectivity index (χ1) is 14.8. The van der Waals surface area contributed by atoms with Crippen LogP contribution >= 0.6 is 0 Å². The van der Waals surface area contributed by atoms with Crippen molar-refractivity contribution in [2.75, 3.05) is 11.9 Å². The van der Waals surface area contributed by atoms with Crippen molar-refractivity contribution in [2.45, 2.75) is 58.2 Å². The summed E-state index contributed by atoms with van der Waals surface area (Å²) in [5.41, 5.74) is 1.13. The number of aryl methyl sites for hydroxylation is 1. The van der Waals surface area contributed by atoms with E-state index in [1.165, 1.54) is 0 Å². The largest absolute Gasteiger partial charge is 0.474 e. The number of fused-ring (bicyclic) bond motifs is 4. The lowest BCUT2D eigenvalue weighted by molar-refractivity contribution is -0.185. The average molecular weight is 425 g/mol. The summed E-state index contributed by atoms with van der Waals surface area (Å²) < 4.78 is 15.6. The first-order valence-corrected chi connectivity index (χ1v) is 10.8. The Bertz CT molecular complexity index is 1120. The number of hydrogen-bond acceptors (Lipinski definition) is 6. The number of imidazole rings is 1. The SMILES string of the molecule is CC(C)Oc1nc2nc(C34CCC(C)(CC3)CO4)cn2cc1C(=O)Nc1ccn(C)n1. The Labute approximate surface area is 180 Å². The Kier molecular flexibility index (Phi) is 4.55. The van der Waals surface area contributed by atoms with Gasteiger partial charge in [-0.05, 0) is 44.9 Å². The fourth-order valence-electron chi connectivity index (χ4n) is 4.45. The van der Waals surface area contributed by atoms with E-state index >= 15 is 0 Å². The van der Waals surface area contributed by atoms with Crippen LogP contribution in [0.15, 0.2) is 24.7 Å². The van der Waals surface area contributed by atoms with E-state index in [-0.39, 0.29) is 28.9 Å². The lowest BCUT2D eigenvalue weighted by Gasteiger charge is -2.51. The normalized spacial score (nSPS) is 25.3. The summed E-state index contributed by atoms with van der Waals surface area (Å²) in [6.45, 7) is 6.85. The van der Waals surface area contributed by atoms with Crippen LogP contribution in [0.5, 0.6) is 5.88 Å². The highest BCUT2D eigenvalue weighted by molar-refractivity contribution is 6.05.